The van der Waals surface area contributed by atoms with Crippen molar-refractivity contribution in [2.75, 3.05) is 13.1 Å². The van der Waals surface area contributed by atoms with Gasteiger partial charge in [-0.2, -0.15) is 0 Å². The number of ether oxygens (including phenoxy) is 1. The number of rotatable bonds is 6. The Hall–Kier alpha value is -3.60. The Bertz CT molecular complexity index is 1180. The normalized spacial score (nSPS) is 14.6. The van der Waals surface area contributed by atoms with Crippen molar-refractivity contribution in [2.24, 2.45) is 5.92 Å². The van der Waals surface area contributed by atoms with E-state index in [9.17, 15) is 4.79 Å². The smallest absolute Gasteiger partial charge is 0.253 e. The molecule has 1 saturated heterocycles. The van der Waals surface area contributed by atoms with Crippen LogP contribution >= 0.6 is 0 Å². The molecule has 4 aromatic rings. The fourth-order valence-electron chi connectivity index (χ4n) is 4.44. The summed E-state index contributed by atoms with van der Waals surface area (Å²) < 4.78 is 8.32. The van der Waals surface area contributed by atoms with Crippen molar-refractivity contribution >= 4 is 16.9 Å². The fourth-order valence-corrected chi connectivity index (χ4v) is 4.44. The highest BCUT2D eigenvalue weighted by Gasteiger charge is 2.25. The average molecular weight is 426 g/mol. The lowest BCUT2D eigenvalue weighted by Gasteiger charge is -2.32. The number of likely N-dealkylation sites (tertiary alicyclic amines) is 1. The van der Waals surface area contributed by atoms with Crippen molar-refractivity contribution in [3.8, 4) is 5.75 Å². The number of amides is 1. The van der Waals surface area contributed by atoms with Gasteiger partial charge in [-0.1, -0.05) is 48.5 Å². The second kappa shape index (κ2) is 9.27. The molecule has 0 aliphatic carbocycles. The molecule has 5 heteroatoms. The number of hydrogen-bond acceptors (Lipinski definition) is 3. The molecule has 0 bridgehead atoms. The summed E-state index contributed by atoms with van der Waals surface area (Å²) in [4.78, 5) is 19.6. The van der Waals surface area contributed by atoms with E-state index in [-0.39, 0.29) is 5.91 Å². The van der Waals surface area contributed by atoms with Crippen LogP contribution in [0.15, 0.2) is 84.9 Å². The van der Waals surface area contributed by atoms with Crippen LogP contribution < -0.4 is 4.74 Å². The van der Waals surface area contributed by atoms with Crippen LogP contribution in [0.1, 0.15) is 29.0 Å². The zero-order valence-electron chi connectivity index (χ0n) is 18.1. The number of fused-ring (bicyclic) bond motifs is 1. The van der Waals surface area contributed by atoms with E-state index in [1.54, 1.807) is 0 Å². The monoisotopic (exact) mass is 425 g/mol. The molecule has 1 fully saturated rings. The number of piperidine rings is 1. The lowest BCUT2D eigenvalue weighted by atomic mass is 9.96. The first-order valence-corrected chi connectivity index (χ1v) is 11.2. The van der Waals surface area contributed by atoms with Gasteiger partial charge in [0.2, 0.25) is 0 Å². The zero-order chi connectivity index (χ0) is 21.8. The van der Waals surface area contributed by atoms with Crippen LogP contribution in [0.2, 0.25) is 0 Å². The Kier molecular flexibility index (Phi) is 5.88. The molecule has 1 amide bonds. The molecule has 0 saturated carbocycles. The lowest BCUT2D eigenvalue weighted by molar-refractivity contribution is 0.0682. The SMILES string of the molecule is O=C(c1ccccc1)N1CCC(Cn2c(COc3ccccc3)nc3ccccc32)CC1. The summed E-state index contributed by atoms with van der Waals surface area (Å²) >= 11 is 0. The summed E-state index contributed by atoms with van der Waals surface area (Å²) in [5, 5.41) is 0. The molecule has 0 N–H and O–H groups in total. The molecule has 5 rings (SSSR count). The van der Waals surface area contributed by atoms with E-state index in [2.05, 4.69) is 22.8 Å². The second-order valence-electron chi connectivity index (χ2n) is 8.33. The number of carbonyl (C=O) groups is 1. The molecule has 0 spiro atoms. The predicted molar refractivity (Wildman–Crippen MR) is 126 cm³/mol. The molecule has 162 valence electrons. The van der Waals surface area contributed by atoms with Gasteiger partial charge >= 0.3 is 0 Å². The molecule has 2 heterocycles. The van der Waals surface area contributed by atoms with Gasteiger partial charge in [0, 0.05) is 25.2 Å². The Balaban J connectivity index is 1.28. The summed E-state index contributed by atoms with van der Waals surface area (Å²) in [7, 11) is 0. The Labute approximate surface area is 188 Å². The van der Waals surface area contributed by atoms with Crippen LogP contribution in [-0.2, 0) is 13.2 Å². The molecule has 0 atom stereocenters. The second-order valence-corrected chi connectivity index (χ2v) is 8.33. The molecule has 0 radical (unpaired) electrons. The quantitative estimate of drug-likeness (QED) is 0.428. The third-order valence-electron chi connectivity index (χ3n) is 6.21. The number of carbonyl (C=O) groups excluding carboxylic acids is 1. The number of nitrogens with zero attached hydrogens (tertiary/aromatic N) is 3. The minimum Gasteiger partial charge on any atom is -0.486 e. The molecular weight excluding hydrogens is 398 g/mol. The number of aromatic nitrogens is 2. The number of para-hydroxylation sites is 3. The van der Waals surface area contributed by atoms with Gasteiger partial charge in [-0.05, 0) is 55.2 Å². The van der Waals surface area contributed by atoms with E-state index in [0.29, 0.717) is 12.5 Å². The van der Waals surface area contributed by atoms with Crippen molar-refractivity contribution in [3.63, 3.8) is 0 Å². The maximum Gasteiger partial charge on any atom is 0.253 e. The first-order chi connectivity index (χ1) is 15.8. The summed E-state index contributed by atoms with van der Waals surface area (Å²) in [6.07, 6.45) is 1.98. The number of hydrogen-bond donors (Lipinski definition) is 0. The molecule has 1 aliphatic heterocycles. The van der Waals surface area contributed by atoms with Gasteiger partial charge in [-0.25, -0.2) is 4.98 Å². The fraction of sp³-hybridized carbons (Fsp3) is 0.259. The van der Waals surface area contributed by atoms with Gasteiger partial charge in [-0.3, -0.25) is 4.79 Å². The molecule has 32 heavy (non-hydrogen) atoms. The summed E-state index contributed by atoms with van der Waals surface area (Å²) in [6, 6.07) is 27.7. The average Bonchev–Trinajstić information content (AvgIpc) is 3.21. The Morgan fingerprint density at radius 3 is 2.28 bits per heavy atom. The van der Waals surface area contributed by atoms with Crippen LogP contribution in [0.25, 0.3) is 11.0 Å². The van der Waals surface area contributed by atoms with Crippen LogP contribution in [0, 0.1) is 5.92 Å². The minimum atomic E-state index is 0.133. The highest BCUT2D eigenvalue weighted by molar-refractivity contribution is 5.94. The van der Waals surface area contributed by atoms with Gasteiger partial charge < -0.3 is 14.2 Å². The van der Waals surface area contributed by atoms with Gasteiger partial charge in [0.15, 0.2) is 0 Å². The zero-order valence-corrected chi connectivity index (χ0v) is 18.1. The van der Waals surface area contributed by atoms with Gasteiger partial charge in [-0.15, -0.1) is 0 Å². The standard InChI is InChI=1S/C27H27N3O2/c31-27(22-9-3-1-4-10-22)29-17-15-21(16-18-29)19-30-25-14-8-7-13-24(25)28-26(30)20-32-23-11-5-2-6-12-23/h1-14,21H,15-20H2. The van der Waals surface area contributed by atoms with Crippen molar-refractivity contribution in [3.05, 3.63) is 96.3 Å². The van der Waals surface area contributed by atoms with E-state index in [0.717, 1.165) is 60.6 Å². The van der Waals surface area contributed by atoms with Gasteiger partial charge in [0.25, 0.3) is 5.91 Å². The van der Waals surface area contributed by atoms with E-state index in [1.807, 2.05) is 71.6 Å². The van der Waals surface area contributed by atoms with E-state index in [1.165, 1.54) is 0 Å². The maximum absolute atomic E-state index is 12.8. The first kappa shape index (κ1) is 20.3. The van der Waals surface area contributed by atoms with E-state index < -0.39 is 0 Å². The molecule has 3 aromatic carbocycles. The highest BCUT2D eigenvalue weighted by Crippen LogP contribution is 2.25. The van der Waals surface area contributed by atoms with Crippen molar-refractivity contribution in [1.82, 2.24) is 14.5 Å². The van der Waals surface area contributed by atoms with Crippen LogP contribution in [-0.4, -0.2) is 33.4 Å². The molecule has 1 aliphatic rings. The largest absolute Gasteiger partial charge is 0.486 e. The predicted octanol–water partition coefficient (Wildman–Crippen LogP) is 5.17. The summed E-state index contributed by atoms with van der Waals surface area (Å²) in [5.74, 6) is 2.42. The topological polar surface area (TPSA) is 47.4 Å². The molecule has 0 unspecified atom stereocenters. The molecule has 5 nitrogen and oxygen atoms in total. The summed E-state index contributed by atoms with van der Waals surface area (Å²) in [6.45, 7) is 2.91. The lowest BCUT2D eigenvalue weighted by Crippen LogP contribution is -2.39. The van der Waals surface area contributed by atoms with E-state index >= 15 is 0 Å². The number of imidazole rings is 1. The van der Waals surface area contributed by atoms with Gasteiger partial charge in [0.05, 0.1) is 11.0 Å². The van der Waals surface area contributed by atoms with Crippen LogP contribution in [0.3, 0.4) is 0 Å². The first-order valence-electron chi connectivity index (χ1n) is 11.2. The minimum absolute atomic E-state index is 0.133. The highest BCUT2D eigenvalue weighted by atomic mass is 16.5. The van der Waals surface area contributed by atoms with Crippen molar-refractivity contribution < 1.29 is 9.53 Å². The van der Waals surface area contributed by atoms with Crippen molar-refractivity contribution in [2.45, 2.75) is 26.0 Å². The third-order valence-corrected chi connectivity index (χ3v) is 6.21. The Morgan fingerprint density at radius 1 is 0.875 bits per heavy atom. The molecule has 1 aromatic heterocycles. The maximum atomic E-state index is 12.8. The van der Waals surface area contributed by atoms with Crippen molar-refractivity contribution in [1.29, 1.82) is 0 Å². The van der Waals surface area contributed by atoms with Crippen LogP contribution in [0.4, 0.5) is 0 Å². The number of benzene rings is 3. The third kappa shape index (κ3) is 4.37. The van der Waals surface area contributed by atoms with E-state index in [4.69, 9.17) is 9.72 Å². The van der Waals surface area contributed by atoms with Crippen LogP contribution in [0.5, 0.6) is 5.75 Å². The molecular formula is C27H27N3O2. The van der Waals surface area contributed by atoms with Gasteiger partial charge in [0.1, 0.15) is 18.2 Å². The Morgan fingerprint density at radius 2 is 1.53 bits per heavy atom. The summed E-state index contributed by atoms with van der Waals surface area (Å²) in [5.41, 5.74) is 2.91.